The lowest BCUT2D eigenvalue weighted by atomic mass is 10.0. The van der Waals surface area contributed by atoms with Gasteiger partial charge >= 0.3 is 6.09 Å². The summed E-state index contributed by atoms with van der Waals surface area (Å²) < 4.78 is 18.7. The van der Waals surface area contributed by atoms with Crippen LogP contribution in [0.15, 0.2) is 30.3 Å². The number of nitrogens with zero attached hydrogens (tertiary/aromatic N) is 1. The third-order valence-electron chi connectivity index (χ3n) is 4.50. The van der Waals surface area contributed by atoms with Gasteiger partial charge in [-0.25, -0.2) is 9.18 Å². The lowest BCUT2D eigenvalue weighted by Crippen LogP contribution is -2.46. The Kier molecular flexibility index (Phi) is 8.38. The van der Waals surface area contributed by atoms with E-state index in [4.69, 9.17) is 4.74 Å². The second-order valence-electron chi connectivity index (χ2n) is 8.20. The largest absolute Gasteiger partial charge is 0.444 e. The molecule has 1 aromatic rings. The van der Waals surface area contributed by atoms with Crippen molar-refractivity contribution in [2.24, 2.45) is 0 Å². The van der Waals surface area contributed by atoms with Gasteiger partial charge in [-0.2, -0.15) is 0 Å². The van der Waals surface area contributed by atoms with Gasteiger partial charge in [-0.3, -0.25) is 9.59 Å². The van der Waals surface area contributed by atoms with Gasteiger partial charge in [0.1, 0.15) is 11.4 Å². The maximum absolute atomic E-state index is 13.6. The molecule has 1 aromatic carbocycles. The summed E-state index contributed by atoms with van der Waals surface area (Å²) in [6.45, 7) is 6.53. The minimum atomic E-state index is -0.581. The number of benzene rings is 1. The van der Waals surface area contributed by atoms with Crippen LogP contribution in [0.4, 0.5) is 9.18 Å². The fourth-order valence-electron chi connectivity index (χ4n) is 3.01. The van der Waals surface area contributed by atoms with Gasteiger partial charge in [-0.05, 0) is 45.8 Å². The molecule has 7 nitrogen and oxygen atoms in total. The molecule has 30 heavy (non-hydrogen) atoms. The van der Waals surface area contributed by atoms with Crippen molar-refractivity contribution in [1.29, 1.82) is 0 Å². The van der Waals surface area contributed by atoms with E-state index in [2.05, 4.69) is 10.6 Å². The van der Waals surface area contributed by atoms with Gasteiger partial charge in [-0.15, -0.1) is 0 Å². The van der Waals surface area contributed by atoms with E-state index in [1.54, 1.807) is 43.9 Å². The first-order valence-corrected chi connectivity index (χ1v) is 10.1. The predicted molar refractivity (Wildman–Crippen MR) is 112 cm³/mol. The number of likely N-dealkylation sites (tertiary alicyclic amines) is 1. The molecule has 1 aliphatic heterocycles. The molecular weight excluding hydrogens is 389 g/mol. The van der Waals surface area contributed by atoms with Crippen LogP contribution in [-0.2, 0) is 14.3 Å². The summed E-state index contributed by atoms with van der Waals surface area (Å²) in [4.78, 5) is 37.6. The molecule has 164 valence electrons. The highest BCUT2D eigenvalue weighted by Gasteiger charge is 2.23. The van der Waals surface area contributed by atoms with Crippen LogP contribution in [0, 0.1) is 5.82 Å². The molecule has 0 saturated carbocycles. The number of hydrogen-bond donors (Lipinski definition) is 2. The zero-order valence-electron chi connectivity index (χ0n) is 17.7. The highest BCUT2D eigenvalue weighted by molar-refractivity contribution is 5.91. The Morgan fingerprint density at radius 3 is 2.50 bits per heavy atom. The molecule has 0 atom stereocenters. The Labute approximate surface area is 176 Å². The summed E-state index contributed by atoms with van der Waals surface area (Å²) in [5.41, 5.74) is -0.213. The summed E-state index contributed by atoms with van der Waals surface area (Å²) in [7, 11) is 0. The molecule has 0 spiro atoms. The Balaban J connectivity index is 1.67. The van der Waals surface area contributed by atoms with Crippen LogP contribution in [0.3, 0.4) is 0 Å². The van der Waals surface area contributed by atoms with Crippen molar-refractivity contribution in [2.45, 2.75) is 51.7 Å². The molecule has 0 bridgehead atoms. The molecule has 0 aromatic heterocycles. The van der Waals surface area contributed by atoms with Crippen LogP contribution in [0.2, 0.25) is 0 Å². The van der Waals surface area contributed by atoms with Crippen LogP contribution in [0.5, 0.6) is 0 Å². The van der Waals surface area contributed by atoms with Crippen molar-refractivity contribution in [3.05, 3.63) is 41.7 Å². The number of amides is 3. The lowest BCUT2D eigenvalue weighted by Gasteiger charge is -2.31. The number of halogens is 1. The standard InChI is InChI=1S/C22H30FN3O4/c1-22(2,3)30-21(29)24-13-10-19(27)25-17-11-14-26(15-12-17)20(28)9-8-16-6-4-5-7-18(16)23/h4-9,17H,10-15H2,1-3H3,(H,24,29)(H,25,27)/b9-8+. The van der Waals surface area contributed by atoms with Gasteiger partial charge in [0.25, 0.3) is 0 Å². The Bertz CT molecular complexity index is 781. The van der Waals surface area contributed by atoms with E-state index in [1.165, 1.54) is 18.2 Å². The lowest BCUT2D eigenvalue weighted by molar-refractivity contribution is -0.127. The molecule has 3 amide bonds. The predicted octanol–water partition coefficient (Wildman–Crippen LogP) is 2.86. The first-order chi connectivity index (χ1) is 14.1. The number of rotatable bonds is 6. The number of carbonyl (C=O) groups excluding carboxylic acids is 3. The maximum atomic E-state index is 13.6. The Morgan fingerprint density at radius 1 is 1.20 bits per heavy atom. The van der Waals surface area contributed by atoms with E-state index < -0.39 is 11.7 Å². The minimum Gasteiger partial charge on any atom is -0.444 e. The monoisotopic (exact) mass is 419 g/mol. The number of hydrogen-bond acceptors (Lipinski definition) is 4. The molecule has 0 aliphatic carbocycles. The van der Waals surface area contributed by atoms with E-state index in [0.29, 0.717) is 31.5 Å². The molecule has 1 saturated heterocycles. The molecule has 2 rings (SSSR count). The normalized spacial score (nSPS) is 15.1. The molecule has 0 unspecified atom stereocenters. The summed E-state index contributed by atoms with van der Waals surface area (Å²) in [5.74, 6) is -0.705. The van der Waals surface area contributed by atoms with Crippen molar-refractivity contribution >= 4 is 24.0 Å². The van der Waals surface area contributed by atoms with Gasteiger partial charge in [-0.1, -0.05) is 18.2 Å². The van der Waals surface area contributed by atoms with Gasteiger partial charge < -0.3 is 20.3 Å². The summed E-state index contributed by atoms with van der Waals surface area (Å²) in [6.07, 6.45) is 3.74. The zero-order valence-corrected chi connectivity index (χ0v) is 17.7. The van der Waals surface area contributed by atoms with Gasteiger partial charge in [0.2, 0.25) is 11.8 Å². The van der Waals surface area contributed by atoms with Crippen LogP contribution >= 0.6 is 0 Å². The van der Waals surface area contributed by atoms with E-state index >= 15 is 0 Å². The van der Waals surface area contributed by atoms with Gasteiger partial charge in [0.15, 0.2) is 0 Å². The first kappa shape index (κ1) is 23.4. The van der Waals surface area contributed by atoms with E-state index in [1.807, 2.05) is 0 Å². The quantitative estimate of drug-likeness (QED) is 0.694. The molecule has 1 aliphatic rings. The molecule has 0 radical (unpaired) electrons. The highest BCUT2D eigenvalue weighted by atomic mass is 19.1. The zero-order chi connectivity index (χ0) is 22.1. The number of alkyl carbamates (subject to hydrolysis) is 1. The van der Waals surface area contributed by atoms with E-state index in [9.17, 15) is 18.8 Å². The topological polar surface area (TPSA) is 87.7 Å². The average molecular weight is 419 g/mol. The molecular formula is C22H30FN3O4. The smallest absolute Gasteiger partial charge is 0.407 e. The Morgan fingerprint density at radius 2 is 1.87 bits per heavy atom. The highest BCUT2D eigenvalue weighted by Crippen LogP contribution is 2.13. The van der Waals surface area contributed by atoms with Crippen molar-refractivity contribution in [2.75, 3.05) is 19.6 Å². The van der Waals surface area contributed by atoms with Crippen LogP contribution in [-0.4, -0.2) is 54.1 Å². The SMILES string of the molecule is CC(C)(C)OC(=O)NCCC(=O)NC1CCN(C(=O)/C=C/c2ccccc2F)CC1. The Hall–Kier alpha value is -2.90. The number of carbonyl (C=O) groups is 3. The van der Waals surface area contributed by atoms with Crippen molar-refractivity contribution in [1.82, 2.24) is 15.5 Å². The third kappa shape index (κ3) is 8.23. The maximum Gasteiger partial charge on any atom is 0.407 e. The first-order valence-electron chi connectivity index (χ1n) is 10.1. The summed E-state index contributed by atoms with van der Waals surface area (Å²) in [5, 5.41) is 5.48. The fraction of sp³-hybridized carbons (Fsp3) is 0.500. The molecule has 1 heterocycles. The number of nitrogens with one attached hydrogen (secondary N) is 2. The average Bonchev–Trinajstić information content (AvgIpc) is 2.66. The van der Waals surface area contributed by atoms with E-state index in [0.717, 1.165) is 0 Å². The minimum absolute atomic E-state index is 0.0152. The van der Waals surface area contributed by atoms with Crippen molar-refractivity contribution < 1.29 is 23.5 Å². The van der Waals surface area contributed by atoms with Gasteiger partial charge in [0.05, 0.1) is 0 Å². The summed E-state index contributed by atoms with van der Waals surface area (Å²) >= 11 is 0. The molecule has 2 N–H and O–H groups in total. The van der Waals surface area contributed by atoms with Gasteiger partial charge in [0, 0.05) is 43.7 Å². The summed E-state index contributed by atoms with van der Waals surface area (Å²) in [6, 6.07) is 6.25. The molecule has 1 fully saturated rings. The van der Waals surface area contributed by atoms with E-state index in [-0.39, 0.29) is 36.6 Å². The second-order valence-corrected chi connectivity index (χ2v) is 8.20. The fourth-order valence-corrected chi connectivity index (χ4v) is 3.01. The van der Waals surface area contributed by atoms with Crippen molar-refractivity contribution in [3.63, 3.8) is 0 Å². The second kappa shape index (κ2) is 10.8. The third-order valence-corrected chi connectivity index (χ3v) is 4.50. The number of piperidine rings is 1. The van der Waals surface area contributed by atoms with Crippen LogP contribution in [0.1, 0.15) is 45.6 Å². The van der Waals surface area contributed by atoms with Crippen LogP contribution in [0.25, 0.3) is 6.08 Å². The number of ether oxygens (including phenoxy) is 1. The van der Waals surface area contributed by atoms with Crippen molar-refractivity contribution in [3.8, 4) is 0 Å². The van der Waals surface area contributed by atoms with Crippen LogP contribution < -0.4 is 10.6 Å². The molecule has 8 heteroatoms.